The van der Waals surface area contributed by atoms with Crippen LogP contribution in [0.15, 0.2) is 24.8 Å². The summed E-state index contributed by atoms with van der Waals surface area (Å²) in [5.41, 5.74) is 6.49. The fraction of sp³-hybridized carbons (Fsp3) is 0.333. The SMILES string of the molecule is CCCNCc1cnc(-n2cc(C(N)=O)cn2)nc1. The maximum atomic E-state index is 11.0. The van der Waals surface area contributed by atoms with Crippen LogP contribution in [0.25, 0.3) is 5.95 Å². The van der Waals surface area contributed by atoms with Crippen molar-refractivity contribution in [3.8, 4) is 5.95 Å². The minimum Gasteiger partial charge on any atom is -0.366 e. The Hall–Kier alpha value is -2.28. The highest BCUT2D eigenvalue weighted by atomic mass is 16.1. The molecule has 2 heterocycles. The molecule has 0 aliphatic heterocycles. The molecule has 0 aromatic carbocycles. The zero-order valence-corrected chi connectivity index (χ0v) is 10.7. The first-order valence-corrected chi connectivity index (χ1v) is 6.07. The van der Waals surface area contributed by atoms with Gasteiger partial charge in [0.15, 0.2) is 0 Å². The van der Waals surface area contributed by atoms with Crippen LogP contribution in [0.4, 0.5) is 0 Å². The number of nitrogens with two attached hydrogens (primary N) is 1. The third-order valence-corrected chi connectivity index (χ3v) is 2.52. The highest BCUT2D eigenvalue weighted by molar-refractivity contribution is 5.92. The maximum absolute atomic E-state index is 11.0. The van der Waals surface area contributed by atoms with Gasteiger partial charge in [-0.1, -0.05) is 6.92 Å². The number of carbonyl (C=O) groups is 1. The zero-order chi connectivity index (χ0) is 13.7. The highest BCUT2D eigenvalue weighted by Gasteiger charge is 2.07. The van der Waals surface area contributed by atoms with Gasteiger partial charge < -0.3 is 11.1 Å². The summed E-state index contributed by atoms with van der Waals surface area (Å²) in [5, 5.41) is 7.25. The lowest BCUT2D eigenvalue weighted by Crippen LogP contribution is -2.14. The number of amides is 1. The number of rotatable bonds is 6. The third-order valence-electron chi connectivity index (χ3n) is 2.52. The van der Waals surface area contributed by atoms with Gasteiger partial charge in [-0.15, -0.1) is 0 Å². The quantitative estimate of drug-likeness (QED) is 0.726. The van der Waals surface area contributed by atoms with Crippen LogP contribution >= 0.6 is 0 Å². The third kappa shape index (κ3) is 3.35. The van der Waals surface area contributed by atoms with Crippen LogP contribution < -0.4 is 11.1 Å². The van der Waals surface area contributed by atoms with Crippen molar-refractivity contribution in [2.75, 3.05) is 6.54 Å². The molecule has 7 nitrogen and oxygen atoms in total. The van der Waals surface area contributed by atoms with Gasteiger partial charge in [-0.25, -0.2) is 14.6 Å². The van der Waals surface area contributed by atoms with Crippen LogP contribution in [0.5, 0.6) is 0 Å². The molecular formula is C12H16N6O. The molecule has 2 aromatic heterocycles. The lowest BCUT2D eigenvalue weighted by atomic mass is 10.3. The van der Waals surface area contributed by atoms with Crippen LogP contribution in [0, 0.1) is 0 Å². The second-order valence-electron chi connectivity index (χ2n) is 4.11. The Morgan fingerprint density at radius 2 is 2.11 bits per heavy atom. The standard InChI is InChI=1S/C12H16N6O/c1-2-3-14-4-9-5-15-12(16-6-9)18-8-10(7-17-18)11(13)19/h5-8,14H,2-4H2,1H3,(H2,13,19). The van der Waals surface area contributed by atoms with Gasteiger partial charge in [0.25, 0.3) is 5.91 Å². The predicted molar refractivity (Wildman–Crippen MR) is 69.7 cm³/mol. The summed E-state index contributed by atoms with van der Waals surface area (Å²) in [6, 6.07) is 0. The molecule has 0 saturated heterocycles. The van der Waals surface area contributed by atoms with Crippen LogP contribution in [0.3, 0.4) is 0 Å². The second-order valence-corrected chi connectivity index (χ2v) is 4.11. The summed E-state index contributed by atoms with van der Waals surface area (Å²) >= 11 is 0. The number of aromatic nitrogens is 4. The molecule has 19 heavy (non-hydrogen) atoms. The van der Waals surface area contributed by atoms with Crippen molar-refractivity contribution in [3.05, 3.63) is 35.9 Å². The van der Waals surface area contributed by atoms with Crippen molar-refractivity contribution in [1.82, 2.24) is 25.1 Å². The zero-order valence-electron chi connectivity index (χ0n) is 10.7. The first kappa shape index (κ1) is 13.2. The van der Waals surface area contributed by atoms with Crippen LogP contribution in [0.2, 0.25) is 0 Å². The first-order chi connectivity index (χ1) is 9.20. The number of primary amides is 1. The molecule has 0 saturated carbocycles. The first-order valence-electron chi connectivity index (χ1n) is 6.07. The molecule has 0 atom stereocenters. The Bertz CT molecular complexity index is 548. The lowest BCUT2D eigenvalue weighted by molar-refractivity contribution is 0.100. The van der Waals surface area contributed by atoms with E-state index in [1.807, 2.05) is 0 Å². The fourth-order valence-corrected chi connectivity index (χ4v) is 1.53. The molecule has 3 N–H and O–H groups in total. The van der Waals surface area contributed by atoms with Crippen molar-refractivity contribution in [2.24, 2.45) is 5.73 Å². The molecule has 0 bridgehead atoms. The van der Waals surface area contributed by atoms with Crippen molar-refractivity contribution in [3.63, 3.8) is 0 Å². The summed E-state index contributed by atoms with van der Waals surface area (Å²) in [5.74, 6) is -0.113. The average molecular weight is 260 g/mol. The molecule has 2 aromatic rings. The van der Waals surface area contributed by atoms with E-state index in [9.17, 15) is 4.79 Å². The van der Waals surface area contributed by atoms with E-state index >= 15 is 0 Å². The van der Waals surface area contributed by atoms with E-state index in [1.54, 1.807) is 12.4 Å². The molecule has 0 spiro atoms. The minimum absolute atomic E-state index is 0.331. The normalized spacial score (nSPS) is 10.6. The minimum atomic E-state index is -0.522. The molecule has 0 aliphatic rings. The molecule has 2 rings (SSSR count). The Balaban J connectivity index is 2.06. The molecule has 0 unspecified atom stereocenters. The Morgan fingerprint density at radius 3 is 2.68 bits per heavy atom. The van der Waals surface area contributed by atoms with Crippen LogP contribution in [-0.4, -0.2) is 32.2 Å². The molecule has 100 valence electrons. The molecule has 0 fully saturated rings. The number of hydrogen-bond donors (Lipinski definition) is 2. The van der Waals surface area contributed by atoms with E-state index < -0.39 is 5.91 Å². The summed E-state index contributed by atoms with van der Waals surface area (Å²) in [7, 11) is 0. The Kier molecular flexibility index (Phi) is 4.19. The number of nitrogens with one attached hydrogen (secondary N) is 1. The number of hydrogen-bond acceptors (Lipinski definition) is 5. The van der Waals surface area contributed by atoms with E-state index in [0.717, 1.165) is 25.1 Å². The summed E-state index contributed by atoms with van der Waals surface area (Å²) in [6.45, 7) is 3.81. The summed E-state index contributed by atoms with van der Waals surface area (Å²) in [4.78, 5) is 19.4. The Morgan fingerprint density at radius 1 is 1.37 bits per heavy atom. The Labute approximate surface area is 110 Å². The van der Waals surface area contributed by atoms with Crippen molar-refractivity contribution in [2.45, 2.75) is 19.9 Å². The topological polar surface area (TPSA) is 98.7 Å². The summed E-state index contributed by atoms with van der Waals surface area (Å²) < 4.78 is 1.42. The average Bonchev–Trinajstić information content (AvgIpc) is 2.90. The fourth-order valence-electron chi connectivity index (χ4n) is 1.53. The molecule has 1 amide bonds. The molecule has 0 aliphatic carbocycles. The van der Waals surface area contributed by atoms with Crippen LogP contribution in [-0.2, 0) is 6.54 Å². The van der Waals surface area contributed by atoms with E-state index in [2.05, 4.69) is 27.3 Å². The van der Waals surface area contributed by atoms with E-state index in [-0.39, 0.29) is 0 Å². The van der Waals surface area contributed by atoms with Gasteiger partial charge in [-0.2, -0.15) is 5.10 Å². The van der Waals surface area contributed by atoms with Gasteiger partial charge >= 0.3 is 0 Å². The van der Waals surface area contributed by atoms with Gasteiger partial charge in [0.2, 0.25) is 5.95 Å². The van der Waals surface area contributed by atoms with Gasteiger partial charge in [-0.3, -0.25) is 4.79 Å². The smallest absolute Gasteiger partial charge is 0.251 e. The van der Waals surface area contributed by atoms with Gasteiger partial charge in [-0.05, 0) is 13.0 Å². The lowest BCUT2D eigenvalue weighted by Gasteiger charge is -2.03. The second kappa shape index (κ2) is 6.05. The van der Waals surface area contributed by atoms with Crippen molar-refractivity contribution in [1.29, 1.82) is 0 Å². The monoisotopic (exact) mass is 260 g/mol. The van der Waals surface area contributed by atoms with E-state index in [4.69, 9.17) is 5.73 Å². The van der Waals surface area contributed by atoms with Gasteiger partial charge in [0.05, 0.1) is 11.8 Å². The summed E-state index contributed by atoms with van der Waals surface area (Å²) in [6.07, 6.45) is 7.45. The van der Waals surface area contributed by atoms with Crippen LogP contribution in [0.1, 0.15) is 29.3 Å². The number of carbonyl (C=O) groups excluding carboxylic acids is 1. The van der Waals surface area contributed by atoms with E-state index in [0.29, 0.717) is 11.5 Å². The van der Waals surface area contributed by atoms with Crippen molar-refractivity contribution >= 4 is 5.91 Å². The number of nitrogens with zero attached hydrogens (tertiary/aromatic N) is 4. The maximum Gasteiger partial charge on any atom is 0.251 e. The van der Waals surface area contributed by atoms with Gasteiger partial charge in [0.1, 0.15) is 0 Å². The van der Waals surface area contributed by atoms with E-state index in [1.165, 1.54) is 17.1 Å². The molecule has 0 radical (unpaired) electrons. The molecule has 7 heteroatoms. The molecular weight excluding hydrogens is 244 g/mol. The van der Waals surface area contributed by atoms with Gasteiger partial charge in [0, 0.05) is 30.7 Å². The van der Waals surface area contributed by atoms with Crippen molar-refractivity contribution < 1.29 is 4.79 Å². The highest BCUT2D eigenvalue weighted by Crippen LogP contribution is 2.03. The largest absolute Gasteiger partial charge is 0.366 e. The predicted octanol–water partition coefficient (Wildman–Crippen LogP) is 0.261.